The number of esters is 1. The number of halogens is 1. The average molecular weight is 324 g/mol. The van der Waals surface area contributed by atoms with E-state index in [-0.39, 0.29) is 23.6 Å². The van der Waals surface area contributed by atoms with Gasteiger partial charge in [0.05, 0.1) is 25.3 Å². The van der Waals surface area contributed by atoms with Crippen LogP contribution in [0.2, 0.25) is 0 Å². The summed E-state index contributed by atoms with van der Waals surface area (Å²) in [5.74, 6) is -0.439. The molecule has 2 amide bonds. The van der Waals surface area contributed by atoms with Crippen LogP contribution >= 0.6 is 0 Å². The number of methoxy groups -OCH3 is 1. The molecule has 1 heterocycles. The number of rotatable bonds is 4. The molecular formula is C16H21FN2O4. The van der Waals surface area contributed by atoms with Gasteiger partial charge in [0, 0.05) is 19.2 Å². The van der Waals surface area contributed by atoms with Gasteiger partial charge in [0.1, 0.15) is 11.6 Å². The SMILES string of the molecule is CCOC(=O)C1CCN(C(=O)Nc2cc(F)ccc2OC)CC1. The van der Waals surface area contributed by atoms with E-state index in [2.05, 4.69) is 5.32 Å². The van der Waals surface area contributed by atoms with Crippen LogP contribution in [0, 0.1) is 11.7 Å². The van der Waals surface area contributed by atoms with Crippen LogP contribution in [-0.4, -0.2) is 43.7 Å². The summed E-state index contributed by atoms with van der Waals surface area (Å²) in [4.78, 5) is 25.6. The van der Waals surface area contributed by atoms with Crippen molar-refractivity contribution in [1.82, 2.24) is 4.90 Å². The van der Waals surface area contributed by atoms with Gasteiger partial charge < -0.3 is 19.7 Å². The van der Waals surface area contributed by atoms with Gasteiger partial charge >= 0.3 is 12.0 Å². The summed E-state index contributed by atoms with van der Waals surface area (Å²) in [6, 6.07) is 3.59. The van der Waals surface area contributed by atoms with Crippen molar-refractivity contribution in [2.45, 2.75) is 19.8 Å². The maximum atomic E-state index is 13.3. The molecule has 7 heteroatoms. The average Bonchev–Trinajstić information content (AvgIpc) is 2.55. The number of amides is 2. The summed E-state index contributed by atoms with van der Waals surface area (Å²) in [7, 11) is 1.45. The predicted molar refractivity (Wildman–Crippen MR) is 82.9 cm³/mol. The fourth-order valence-electron chi connectivity index (χ4n) is 2.55. The molecule has 1 saturated heterocycles. The van der Waals surface area contributed by atoms with Crippen LogP contribution in [-0.2, 0) is 9.53 Å². The molecular weight excluding hydrogens is 303 g/mol. The third-order valence-corrected chi connectivity index (χ3v) is 3.81. The van der Waals surface area contributed by atoms with Gasteiger partial charge in [0.15, 0.2) is 0 Å². The van der Waals surface area contributed by atoms with Crippen LogP contribution in [0.25, 0.3) is 0 Å². The number of carbonyl (C=O) groups is 2. The zero-order valence-corrected chi connectivity index (χ0v) is 13.3. The van der Waals surface area contributed by atoms with E-state index in [1.807, 2.05) is 0 Å². The molecule has 0 spiro atoms. The highest BCUT2D eigenvalue weighted by Crippen LogP contribution is 2.26. The Hall–Kier alpha value is -2.31. The molecule has 1 aliphatic heterocycles. The first-order chi connectivity index (χ1) is 11.0. The second-order valence-corrected chi connectivity index (χ2v) is 5.29. The lowest BCUT2D eigenvalue weighted by molar-refractivity contribution is -0.149. The number of piperidine rings is 1. The molecule has 1 fully saturated rings. The Morgan fingerprint density at radius 2 is 2.04 bits per heavy atom. The first-order valence-corrected chi connectivity index (χ1v) is 7.61. The maximum Gasteiger partial charge on any atom is 0.321 e. The van der Waals surface area contributed by atoms with E-state index in [1.54, 1.807) is 11.8 Å². The first-order valence-electron chi connectivity index (χ1n) is 7.61. The van der Waals surface area contributed by atoms with Crippen LogP contribution in [0.1, 0.15) is 19.8 Å². The molecule has 0 bridgehead atoms. The van der Waals surface area contributed by atoms with Gasteiger partial charge in [0.2, 0.25) is 0 Å². The first kappa shape index (κ1) is 17.1. The molecule has 0 aliphatic carbocycles. The second-order valence-electron chi connectivity index (χ2n) is 5.29. The molecule has 0 saturated carbocycles. The van der Waals surface area contributed by atoms with Crippen molar-refractivity contribution in [2.24, 2.45) is 5.92 Å². The summed E-state index contributed by atoms with van der Waals surface area (Å²) < 4.78 is 23.4. The van der Waals surface area contributed by atoms with Gasteiger partial charge in [-0.25, -0.2) is 9.18 Å². The highest BCUT2D eigenvalue weighted by Gasteiger charge is 2.28. The molecule has 0 atom stereocenters. The lowest BCUT2D eigenvalue weighted by atomic mass is 9.97. The van der Waals surface area contributed by atoms with Gasteiger partial charge in [-0.05, 0) is 31.9 Å². The second kappa shape index (κ2) is 7.80. The number of likely N-dealkylation sites (tertiary alicyclic amines) is 1. The van der Waals surface area contributed by atoms with Crippen LogP contribution in [0.4, 0.5) is 14.9 Å². The number of benzene rings is 1. The van der Waals surface area contributed by atoms with Gasteiger partial charge in [-0.2, -0.15) is 0 Å². The number of hydrogen-bond donors (Lipinski definition) is 1. The molecule has 2 rings (SSSR count). The van der Waals surface area contributed by atoms with E-state index < -0.39 is 5.82 Å². The Bertz CT molecular complexity index is 571. The highest BCUT2D eigenvalue weighted by molar-refractivity contribution is 5.91. The topological polar surface area (TPSA) is 67.9 Å². The lowest BCUT2D eigenvalue weighted by Crippen LogP contribution is -2.42. The number of nitrogens with one attached hydrogen (secondary N) is 1. The maximum absolute atomic E-state index is 13.3. The highest BCUT2D eigenvalue weighted by atomic mass is 19.1. The summed E-state index contributed by atoms with van der Waals surface area (Å²) >= 11 is 0. The van der Waals surface area contributed by atoms with Crippen molar-refractivity contribution in [3.8, 4) is 5.75 Å². The molecule has 126 valence electrons. The summed E-state index contributed by atoms with van der Waals surface area (Å²) in [5, 5.41) is 2.65. The number of ether oxygens (including phenoxy) is 2. The van der Waals surface area contributed by atoms with Crippen molar-refractivity contribution < 1.29 is 23.5 Å². The van der Waals surface area contributed by atoms with Crippen molar-refractivity contribution in [1.29, 1.82) is 0 Å². The Morgan fingerprint density at radius 3 is 2.65 bits per heavy atom. The van der Waals surface area contributed by atoms with Gasteiger partial charge in [-0.15, -0.1) is 0 Å². The number of nitrogens with zero attached hydrogens (tertiary/aromatic N) is 1. The molecule has 1 aliphatic rings. The van der Waals surface area contributed by atoms with Gasteiger partial charge in [0.25, 0.3) is 0 Å². The Morgan fingerprint density at radius 1 is 1.35 bits per heavy atom. The summed E-state index contributed by atoms with van der Waals surface area (Å²) in [6.45, 7) is 3.03. The molecule has 1 aromatic rings. The molecule has 0 unspecified atom stereocenters. The van der Waals surface area contributed by atoms with Crippen molar-refractivity contribution in [2.75, 3.05) is 32.1 Å². The van der Waals surface area contributed by atoms with E-state index in [9.17, 15) is 14.0 Å². The normalized spacial score (nSPS) is 15.2. The van der Waals surface area contributed by atoms with E-state index in [0.717, 1.165) is 0 Å². The standard InChI is InChI=1S/C16H21FN2O4/c1-3-23-15(20)11-6-8-19(9-7-11)16(21)18-13-10-12(17)4-5-14(13)22-2/h4-5,10-11H,3,6-9H2,1-2H3,(H,18,21). The third-order valence-electron chi connectivity index (χ3n) is 3.81. The van der Waals surface area contributed by atoms with Crippen LogP contribution in [0.5, 0.6) is 5.75 Å². The fraction of sp³-hybridized carbons (Fsp3) is 0.500. The molecule has 1 N–H and O–H groups in total. The molecule has 0 radical (unpaired) electrons. The Kier molecular flexibility index (Phi) is 5.78. The Labute approximate surface area is 134 Å². The minimum absolute atomic E-state index is 0.164. The van der Waals surface area contributed by atoms with Crippen molar-refractivity contribution in [3.63, 3.8) is 0 Å². The van der Waals surface area contributed by atoms with Gasteiger partial charge in [-0.1, -0.05) is 0 Å². The van der Waals surface area contributed by atoms with Crippen LogP contribution < -0.4 is 10.1 Å². The summed E-state index contributed by atoms with van der Waals surface area (Å²) in [5.41, 5.74) is 0.282. The molecule has 6 nitrogen and oxygen atoms in total. The number of hydrogen-bond acceptors (Lipinski definition) is 4. The quantitative estimate of drug-likeness (QED) is 0.865. The minimum Gasteiger partial charge on any atom is -0.495 e. The van der Waals surface area contributed by atoms with Crippen LogP contribution in [0.3, 0.4) is 0 Å². The molecule has 0 aromatic heterocycles. The number of urea groups is 1. The van der Waals surface area contributed by atoms with E-state index in [4.69, 9.17) is 9.47 Å². The van der Waals surface area contributed by atoms with Crippen molar-refractivity contribution in [3.05, 3.63) is 24.0 Å². The zero-order valence-electron chi connectivity index (χ0n) is 13.3. The molecule has 23 heavy (non-hydrogen) atoms. The fourth-order valence-corrected chi connectivity index (χ4v) is 2.55. The number of anilines is 1. The van der Waals surface area contributed by atoms with E-state index in [1.165, 1.54) is 25.3 Å². The largest absolute Gasteiger partial charge is 0.495 e. The minimum atomic E-state index is -0.456. The van der Waals surface area contributed by atoms with Gasteiger partial charge in [-0.3, -0.25) is 4.79 Å². The monoisotopic (exact) mass is 324 g/mol. The molecule has 1 aromatic carbocycles. The van der Waals surface area contributed by atoms with E-state index in [0.29, 0.717) is 38.3 Å². The predicted octanol–water partition coefficient (Wildman–Crippen LogP) is 2.64. The van der Waals surface area contributed by atoms with Crippen LogP contribution in [0.15, 0.2) is 18.2 Å². The third kappa shape index (κ3) is 4.34. The lowest BCUT2D eigenvalue weighted by Gasteiger charge is -2.31. The number of carbonyl (C=O) groups excluding carboxylic acids is 2. The van der Waals surface area contributed by atoms with E-state index >= 15 is 0 Å². The summed E-state index contributed by atoms with van der Waals surface area (Å²) in [6.07, 6.45) is 1.12. The Balaban J connectivity index is 1.93. The zero-order chi connectivity index (χ0) is 16.8. The smallest absolute Gasteiger partial charge is 0.321 e. The van der Waals surface area contributed by atoms with Crippen molar-refractivity contribution >= 4 is 17.7 Å².